The molecule has 0 fully saturated rings. The molecule has 0 radical (unpaired) electrons. The second-order valence-corrected chi connectivity index (χ2v) is 4.33. The summed E-state index contributed by atoms with van der Waals surface area (Å²) in [6.45, 7) is -5.75. The maximum atomic E-state index is 13.4. The molecule has 9 heteroatoms. The largest absolute Gasteiger partial charge is 1.00 e. The molecule has 22 heavy (non-hydrogen) atoms. The molecule has 0 heterocycles. The first-order chi connectivity index (χ1) is 9.75. The molecule has 0 aromatic heterocycles. The van der Waals surface area contributed by atoms with Crippen molar-refractivity contribution in [2.75, 3.05) is 0 Å². The van der Waals surface area contributed by atoms with Gasteiger partial charge in [0.1, 0.15) is 18.2 Å². The molecule has 0 amide bonds. The van der Waals surface area contributed by atoms with E-state index in [4.69, 9.17) is 4.74 Å². The van der Waals surface area contributed by atoms with Crippen molar-refractivity contribution in [2.45, 2.75) is 6.61 Å². The van der Waals surface area contributed by atoms with E-state index in [1.54, 1.807) is 0 Å². The topological polar surface area (TPSA) is 9.23 Å². The van der Waals surface area contributed by atoms with Crippen LogP contribution < -0.4 is 61.6 Å². The average Bonchev–Trinajstić information content (AvgIpc) is 2.35. The normalized spacial score (nSPS) is 11.0. The van der Waals surface area contributed by atoms with E-state index in [1.165, 1.54) is 0 Å². The number of hydrogen-bond acceptors (Lipinski definition) is 1. The van der Waals surface area contributed by atoms with E-state index in [0.29, 0.717) is 24.3 Å². The van der Waals surface area contributed by atoms with Gasteiger partial charge in [-0.15, -0.1) is 5.46 Å². The first-order valence-electron chi connectivity index (χ1n) is 5.83. The van der Waals surface area contributed by atoms with Crippen molar-refractivity contribution in [3.63, 3.8) is 0 Å². The van der Waals surface area contributed by atoms with Crippen molar-refractivity contribution in [3.05, 3.63) is 59.4 Å². The fraction of sp³-hybridized carbons (Fsp3) is 0.0769. The molecule has 0 aliphatic rings. The zero-order chi connectivity index (χ0) is 15.6. The maximum absolute atomic E-state index is 13.4. The fourth-order valence-electron chi connectivity index (χ4n) is 1.69. The van der Waals surface area contributed by atoms with Gasteiger partial charge in [-0.05, 0) is 29.8 Å². The van der Waals surface area contributed by atoms with Gasteiger partial charge >= 0.3 is 58.4 Å². The molecule has 0 bridgehead atoms. The summed E-state index contributed by atoms with van der Waals surface area (Å²) in [6, 6.07) is 4.27. The molecular weight excluding hydrogens is 336 g/mol. The minimum atomic E-state index is -5.29. The molecule has 0 saturated carbocycles. The van der Waals surface area contributed by atoms with Crippen LogP contribution in [0.1, 0.15) is 5.56 Å². The Morgan fingerprint density at radius 1 is 0.864 bits per heavy atom. The van der Waals surface area contributed by atoms with Crippen molar-refractivity contribution in [2.24, 2.45) is 0 Å². The van der Waals surface area contributed by atoms with Gasteiger partial charge < -0.3 is 17.7 Å². The number of ether oxygens (including phenoxy) is 1. The predicted molar refractivity (Wildman–Crippen MR) is 65.8 cm³/mol. The van der Waals surface area contributed by atoms with Crippen LogP contribution in [0.15, 0.2) is 36.4 Å². The molecule has 1 nitrogen and oxygen atoms in total. The summed E-state index contributed by atoms with van der Waals surface area (Å²) >= 11 is 0. The summed E-state index contributed by atoms with van der Waals surface area (Å²) in [7, 11) is 0. The van der Waals surface area contributed by atoms with Gasteiger partial charge in [-0.2, -0.15) is 0 Å². The summed E-state index contributed by atoms with van der Waals surface area (Å²) < 4.78 is 81.8. The average molecular weight is 344 g/mol. The van der Waals surface area contributed by atoms with Gasteiger partial charge in [-0.1, -0.05) is 6.07 Å². The quantitative estimate of drug-likeness (QED) is 0.588. The van der Waals surface area contributed by atoms with Crippen molar-refractivity contribution >= 4 is 12.4 Å². The van der Waals surface area contributed by atoms with Crippen LogP contribution >= 0.6 is 0 Å². The molecule has 0 aliphatic heterocycles. The third kappa shape index (κ3) is 5.31. The molecule has 0 aliphatic carbocycles. The molecule has 0 N–H and O–H groups in total. The first-order valence-corrected chi connectivity index (χ1v) is 5.83. The molecule has 2 rings (SSSR count). The van der Waals surface area contributed by atoms with Crippen LogP contribution in [0.5, 0.6) is 5.75 Å². The molecule has 0 spiro atoms. The zero-order valence-electron chi connectivity index (χ0n) is 11.4. The number of hydrogen-bond donors (Lipinski definition) is 0. The Hall–Kier alpha value is -0.479. The zero-order valence-corrected chi connectivity index (χ0v) is 14.5. The Kier molecular flexibility index (Phi) is 7.00. The van der Waals surface area contributed by atoms with Crippen LogP contribution in [-0.2, 0) is 6.61 Å². The Morgan fingerprint density at radius 3 is 2.00 bits per heavy atom. The third-order valence-electron chi connectivity index (χ3n) is 2.65. The third-order valence-corrected chi connectivity index (χ3v) is 2.65. The van der Waals surface area contributed by atoms with Gasteiger partial charge in [-0.25, -0.2) is 13.2 Å². The van der Waals surface area contributed by atoms with Crippen LogP contribution in [0, 0.1) is 17.5 Å². The summed E-state index contributed by atoms with van der Waals surface area (Å²) in [4.78, 5) is 0. The molecule has 0 saturated heterocycles. The van der Waals surface area contributed by atoms with E-state index in [1.807, 2.05) is 0 Å². The van der Waals surface area contributed by atoms with Crippen molar-refractivity contribution in [1.29, 1.82) is 0 Å². The van der Waals surface area contributed by atoms with Crippen molar-refractivity contribution < 1.29 is 82.2 Å². The standard InChI is InChI=1S/C13H8BF6O.K/c15-10-3-8(4-11(16)6-10)7-21-13-5-9(14(18,19)20)1-2-12(13)17;/h1-6H,7H2;/q-1;+1. The molecule has 2 aromatic rings. The first kappa shape index (κ1) is 19.6. The van der Waals surface area contributed by atoms with E-state index in [2.05, 4.69) is 0 Å². The van der Waals surface area contributed by atoms with Gasteiger partial charge in [0, 0.05) is 6.07 Å². The SMILES string of the molecule is Fc1cc(F)cc(COc2cc([B-](F)(F)F)ccc2F)c1.[K+]. The Morgan fingerprint density at radius 2 is 1.45 bits per heavy atom. The van der Waals surface area contributed by atoms with Crippen LogP contribution in [0.4, 0.5) is 26.1 Å². The number of rotatable bonds is 4. The van der Waals surface area contributed by atoms with Crippen LogP contribution in [0.25, 0.3) is 0 Å². The Balaban J connectivity index is 0.00000242. The Bertz CT molecular complexity index is 641. The predicted octanol–water partition coefficient (Wildman–Crippen LogP) is 0.741. The summed E-state index contributed by atoms with van der Waals surface area (Å²) in [6.07, 6.45) is 0. The molecular formula is C13H8BF6KO. The van der Waals surface area contributed by atoms with Crippen molar-refractivity contribution in [1.82, 2.24) is 0 Å². The minimum absolute atomic E-state index is 0. The maximum Gasteiger partial charge on any atom is 1.00 e. The molecule has 0 atom stereocenters. The molecule has 0 unspecified atom stereocenters. The summed E-state index contributed by atoms with van der Waals surface area (Å²) in [5.41, 5.74) is -0.980. The van der Waals surface area contributed by atoms with E-state index in [0.717, 1.165) is 12.1 Å². The second-order valence-electron chi connectivity index (χ2n) is 4.33. The van der Waals surface area contributed by atoms with Crippen LogP contribution in [0.2, 0.25) is 0 Å². The second kappa shape index (κ2) is 7.87. The number of halogens is 6. The van der Waals surface area contributed by atoms with Crippen LogP contribution in [0.3, 0.4) is 0 Å². The van der Waals surface area contributed by atoms with Gasteiger partial charge in [-0.3, -0.25) is 0 Å². The van der Waals surface area contributed by atoms with Crippen LogP contribution in [-0.4, -0.2) is 6.98 Å². The summed E-state index contributed by atoms with van der Waals surface area (Å²) in [5.74, 6) is -3.34. The molecule has 112 valence electrons. The van der Waals surface area contributed by atoms with Gasteiger partial charge in [0.2, 0.25) is 0 Å². The minimum Gasteiger partial charge on any atom is -0.486 e. The molecule has 2 aromatic carbocycles. The monoisotopic (exact) mass is 344 g/mol. The van der Waals surface area contributed by atoms with E-state index >= 15 is 0 Å². The van der Waals surface area contributed by atoms with Gasteiger partial charge in [0.05, 0.1) is 0 Å². The van der Waals surface area contributed by atoms with E-state index < -0.39 is 42.2 Å². The van der Waals surface area contributed by atoms with Gasteiger partial charge in [0.25, 0.3) is 0 Å². The van der Waals surface area contributed by atoms with Crippen molar-refractivity contribution in [3.8, 4) is 5.75 Å². The van der Waals surface area contributed by atoms with E-state index in [9.17, 15) is 26.1 Å². The summed E-state index contributed by atoms with van der Waals surface area (Å²) in [5, 5.41) is 0. The smallest absolute Gasteiger partial charge is 0.486 e. The fourth-order valence-corrected chi connectivity index (χ4v) is 1.69. The van der Waals surface area contributed by atoms with Gasteiger partial charge in [0.15, 0.2) is 11.6 Å². The number of benzene rings is 2. The Labute approximate surface area is 165 Å². The van der Waals surface area contributed by atoms with E-state index in [-0.39, 0.29) is 56.9 Å².